The number of carboxylic acid groups (broad SMARTS) is 1. The van der Waals surface area contributed by atoms with Crippen LogP contribution in [0.4, 0.5) is 0 Å². The average molecular weight is 662 g/mol. The zero-order chi connectivity index (χ0) is 33.9. The van der Waals surface area contributed by atoms with Crippen LogP contribution < -0.4 is 14.2 Å². The van der Waals surface area contributed by atoms with Crippen molar-refractivity contribution in [2.24, 2.45) is 13.0 Å². The Morgan fingerprint density at radius 2 is 1.86 bits per heavy atom. The van der Waals surface area contributed by atoms with Crippen LogP contribution in [0.2, 0.25) is 0 Å². The number of carboxylic acids is 1. The van der Waals surface area contributed by atoms with Gasteiger partial charge in [0.25, 0.3) is 0 Å². The van der Waals surface area contributed by atoms with Gasteiger partial charge in [0.2, 0.25) is 0 Å². The van der Waals surface area contributed by atoms with Crippen LogP contribution in [0.15, 0.2) is 66.7 Å². The summed E-state index contributed by atoms with van der Waals surface area (Å²) < 4.78 is 27.9. The molecule has 2 aromatic heterocycles. The highest BCUT2D eigenvalue weighted by Crippen LogP contribution is 2.39. The Kier molecular flexibility index (Phi) is 9.44. The first-order valence-electron chi connectivity index (χ1n) is 17.1. The molecule has 49 heavy (non-hydrogen) atoms. The largest absolute Gasteiger partial charge is 0.497 e. The monoisotopic (exact) mass is 661 g/mol. The third kappa shape index (κ3) is 6.55. The van der Waals surface area contributed by atoms with Crippen LogP contribution in [0.25, 0.3) is 28.1 Å². The van der Waals surface area contributed by atoms with E-state index in [0.29, 0.717) is 56.6 Å². The molecule has 1 aliphatic heterocycles. The van der Waals surface area contributed by atoms with Crippen molar-refractivity contribution in [2.75, 3.05) is 20.3 Å². The zero-order valence-electron chi connectivity index (χ0n) is 28.4. The first-order chi connectivity index (χ1) is 23.9. The Hall–Kier alpha value is -5.02. The molecule has 9 heteroatoms. The van der Waals surface area contributed by atoms with Crippen LogP contribution in [-0.4, -0.2) is 45.7 Å². The lowest BCUT2D eigenvalue weighted by Gasteiger charge is -2.19. The van der Waals surface area contributed by atoms with Gasteiger partial charge >= 0.3 is 5.97 Å². The number of allylic oxidation sites excluding steroid dienone is 1. The summed E-state index contributed by atoms with van der Waals surface area (Å²) in [6.45, 7) is 4.50. The van der Waals surface area contributed by atoms with Crippen molar-refractivity contribution in [2.45, 2.75) is 58.8 Å². The fraction of sp³-hybridized carbons (Fsp3) is 0.350. The summed E-state index contributed by atoms with van der Waals surface area (Å²) in [7, 11) is 3.56. The molecule has 3 heterocycles. The van der Waals surface area contributed by atoms with E-state index in [4.69, 9.17) is 24.0 Å². The average Bonchev–Trinajstić information content (AvgIpc) is 3.59. The third-order valence-electron chi connectivity index (χ3n) is 9.62. The Morgan fingerprint density at radius 1 is 1.04 bits per heavy atom. The molecule has 0 fully saturated rings. The second-order valence-electron chi connectivity index (χ2n) is 12.9. The van der Waals surface area contributed by atoms with Gasteiger partial charge in [-0.25, -0.2) is 4.79 Å². The van der Waals surface area contributed by atoms with Crippen molar-refractivity contribution in [3.63, 3.8) is 0 Å². The molecule has 1 unspecified atom stereocenters. The van der Waals surface area contributed by atoms with Crippen LogP contribution in [0.3, 0.4) is 0 Å². The van der Waals surface area contributed by atoms with Crippen molar-refractivity contribution in [1.29, 1.82) is 0 Å². The van der Waals surface area contributed by atoms with Crippen LogP contribution >= 0.6 is 0 Å². The summed E-state index contributed by atoms with van der Waals surface area (Å²) in [6.07, 6.45) is 8.26. The first-order valence-corrected chi connectivity index (χ1v) is 17.1. The van der Waals surface area contributed by atoms with E-state index in [9.17, 15) is 9.90 Å². The smallest absolute Gasteiger partial charge is 0.352 e. The van der Waals surface area contributed by atoms with Gasteiger partial charge in [-0.05, 0) is 79.5 Å². The van der Waals surface area contributed by atoms with Crippen LogP contribution in [0.5, 0.6) is 17.2 Å². The van der Waals surface area contributed by atoms with E-state index in [0.717, 1.165) is 69.7 Å². The fourth-order valence-electron chi connectivity index (χ4n) is 7.25. The Balaban J connectivity index is 1.24. The lowest BCUT2D eigenvalue weighted by atomic mass is 9.90. The maximum atomic E-state index is 13.1. The summed E-state index contributed by atoms with van der Waals surface area (Å²) in [4.78, 5) is 13.1. The highest BCUT2D eigenvalue weighted by atomic mass is 16.5. The number of hydrogen-bond donors (Lipinski definition) is 1. The fourth-order valence-corrected chi connectivity index (χ4v) is 7.25. The molecule has 1 N–H and O–H groups in total. The van der Waals surface area contributed by atoms with E-state index in [2.05, 4.69) is 37.3 Å². The van der Waals surface area contributed by atoms with E-state index >= 15 is 0 Å². The number of para-hydroxylation sites is 1. The predicted octanol–water partition coefficient (Wildman–Crippen LogP) is 7.86. The number of fused-ring (bicyclic) bond motifs is 3. The molecule has 0 spiro atoms. The normalized spacial score (nSPS) is 15.7. The van der Waals surface area contributed by atoms with Gasteiger partial charge in [-0.1, -0.05) is 49.4 Å². The quantitative estimate of drug-likeness (QED) is 0.152. The van der Waals surface area contributed by atoms with Gasteiger partial charge in [-0.2, -0.15) is 5.10 Å². The number of methoxy groups -OCH3 is 1. The second-order valence-corrected chi connectivity index (χ2v) is 12.9. The van der Waals surface area contributed by atoms with E-state index in [1.807, 2.05) is 58.8 Å². The molecule has 5 aromatic rings. The molecule has 1 aliphatic carbocycles. The van der Waals surface area contributed by atoms with Gasteiger partial charge < -0.3 is 28.6 Å². The molecule has 0 saturated carbocycles. The number of benzene rings is 3. The number of aromatic nitrogens is 3. The number of rotatable bonds is 10. The summed E-state index contributed by atoms with van der Waals surface area (Å²) in [5, 5.41) is 16.5. The summed E-state index contributed by atoms with van der Waals surface area (Å²) >= 11 is 0. The third-order valence-corrected chi connectivity index (χ3v) is 9.62. The Bertz CT molecular complexity index is 2000. The molecule has 0 radical (unpaired) electrons. The van der Waals surface area contributed by atoms with Crippen molar-refractivity contribution in [1.82, 2.24) is 14.3 Å². The van der Waals surface area contributed by atoms with E-state index in [1.54, 1.807) is 7.11 Å². The van der Waals surface area contributed by atoms with Gasteiger partial charge in [-0.15, -0.1) is 0 Å². The highest BCUT2D eigenvalue weighted by molar-refractivity contribution is 6.04. The standard InChI is InChI=1S/C40H43N3O6/c1-26-14-15-27-9-6-13-36(33(27)23-26)48-22-8-12-31-30-10-7-11-32-37-34(24-49-29-18-16-28(46-3)17-19-29)41-42(2)35(37)25-47-21-5-4-20-43(38(30)32)39(31)40(44)45/h6-7,9-11,13-19,26H,4-5,8,12,20-25H2,1-3H3,(H,44,45). The zero-order valence-corrected chi connectivity index (χ0v) is 28.4. The lowest BCUT2D eigenvalue weighted by molar-refractivity contribution is 0.0683. The van der Waals surface area contributed by atoms with Gasteiger partial charge in [0.15, 0.2) is 0 Å². The van der Waals surface area contributed by atoms with Gasteiger partial charge in [0.05, 0.1) is 31.5 Å². The maximum absolute atomic E-state index is 13.1. The molecule has 9 nitrogen and oxygen atoms in total. The highest BCUT2D eigenvalue weighted by Gasteiger charge is 2.28. The SMILES string of the molecule is COc1ccc(OCc2nn(C)c3c2-c2cccc4c(CCCOc5cccc6c5CC(C)C=C6)c(C(=O)O)n(c24)CCCCOC3)cc1. The van der Waals surface area contributed by atoms with E-state index in [-0.39, 0.29) is 6.61 Å². The molecule has 0 amide bonds. The minimum atomic E-state index is -0.920. The number of aromatic carboxylic acids is 1. The van der Waals surface area contributed by atoms with Crippen LogP contribution in [0.1, 0.15) is 64.8 Å². The molecule has 0 bridgehead atoms. The van der Waals surface area contributed by atoms with Crippen molar-refractivity contribution in [3.05, 3.63) is 101 Å². The molecule has 1 atom stereocenters. The molecule has 3 aromatic carbocycles. The van der Waals surface area contributed by atoms with Crippen molar-refractivity contribution in [3.8, 4) is 28.4 Å². The molecular weight excluding hydrogens is 618 g/mol. The summed E-state index contributed by atoms with van der Waals surface area (Å²) in [5.74, 6) is 1.93. The lowest BCUT2D eigenvalue weighted by Crippen LogP contribution is -2.12. The minimum absolute atomic E-state index is 0.236. The predicted molar refractivity (Wildman–Crippen MR) is 189 cm³/mol. The Labute approximate surface area is 286 Å². The molecular formula is C40H43N3O6. The number of hydrogen-bond acceptors (Lipinski definition) is 6. The summed E-state index contributed by atoms with van der Waals surface area (Å²) in [5.41, 5.74) is 8.10. The molecule has 254 valence electrons. The van der Waals surface area contributed by atoms with Crippen molar-refractivity contribution < 1.29 is 28.8 Å². The minimum Gasteiger partial charge on any atom is -0.497 e. The van der Waals surface area contributed by atoms with Gasteiger partial charge in [0.1, 0.15) is 35.2 Å². The molecule has 7 rings (SSSR count). The van der Waals surface area contributed by atoms with Gasteiger partial charge in [0, 0.05) is 42.3 Å². The topological polar surface area (TPSA) is 97.0 Å². The van der Waals surface area contributed by atoms with Gasteiger partial charge in [-0.3, -0.25) is 4.68 Å². The number of carbonyl (C=O) groups is 1. The number of nitrogens with zero attached hydrogens (tertiary/aromatic N) is 3. The number of aryl methyl sites for hydroxylation is 3. The van der Waals surface area contributed by atoms with E-state index < -0.39 is 5.97 Å². The number of ether oxygens (including phenoxy) is 4. The van der Waals surface area contributed by atoms with Crippen LogP contribution in [-0.2, 0) is 44.4 Å². The first kappa shape index (κ1) is 32.5. The Morgan fingerprint density at radius 3 is 2.67 bits per heavy atom. The molecule has 2 aliphatic rings. The van der Waals surface area contributed by atoms with E-state index in [1.165, 1.54) is 11.1 Å². The second kappa shape index (κ2) is 14.2. The van der Waals surface area contributed by atoms with Crippen LogP contribution in [0, 0.1) is 5.92 Å². The van der Waals surface area contributed by atoms with Crippen molar-refractivity contribution >= 4 is 22.9 Å². The molecule has 0 saturated heterocycles. The maximum Gasteiger partial charge on any atom is 0.352 e. The summed E-state index contributed by atoms with van der Waals surface area (Å²) in [6, 6.07) is 19.8.